The van der Waals surface area contributed by atoms with Crippen molar-refractivity contribution in [1.29, 1.82) is 0 Å². The quantitative estimate of drug-likeness (QED) is 0.294. The lowest BCUT2D eigenvalue weighted by Gasteiger charge is -2.13. The molecule has 0 aliphatic heterocycles. The van der Waals surface area contributed by atoms with Crippen molar-refractivity contribution < 1.29 is 23.4 Å². The van der Waals surface area contributed by atoms with Crippen molar-refractivity contribution in [2.45, 2.75) is 13.5 Å². The Bertz CT molecular complexity index is 1140. The minimum Gasteiger partial charge on any atom is -0.495 e. The Labute approximate surface area is 202 Å². The smallest absolute Gasteiger partial charge is 0.259 e. The zero-order chi connectivity index (χ0) is 24.3. The highest BCUT2D eigenvalue weighted by molar-refractivity contribution is 6.31. The zero-order valence-electron chi connectivity index (χ0n) is 18.8. The number of para-hydroxylation sites is 2. The number of amides is 1. The molecular weight excluding hydrogens is 461 g/mol. The standard InChI is InChI=1S/C25H25ClFN3O4/c1-3-33-24-13-17(11-12-23(24)34-16-18-19(26)7-6-8-20(18)27)14-29-30-25(31)15-28-21-9-4-5-10-22(21)32-2/h4-14,28H,3,15-16H2,1-2H3,(H,30,31)/b29-14+. The first-order valence-corrected chi connectivity index (χ1v) is 10.9. The molecule has 0 spiro atoms. The lowest BCUT2D eigenvalue weighted by atomic mass is 10.2. The van der Waals surface area contributed by atoms with Crippen LogP contribution in [0.3, 0.4) is 0 Å². The van der Waals surface area contributed by atoms with Gasteiger partial charge < -0.3 is 19.5 Å². The van der Waals surface area contributed by atoms with E-state index in [1.54, 1.807) is 37.4 Å². The van der Waals surface area contributed by atoms with Gasteiger partial charge in [-0.2, -0.15) is 5.10 Å². The molecule has 0 atom stereocenters. The number of methoxy groups -OCH3 is 1. The van der Waals surface area contributed by atoms with Gasteiger partial charge in [0.1, 0.15) is 18.2 Å². The third kappa shape index (κ3) is 6.86. The molecule has 0 aliphatic carbocycles. The summed E-state index contributed by atoms with van der Waals surface area (Å²) in [6.07, 6.45) is 1.49. The van der Waals surface area contributed by atoms with Gasteiger partial charge in [-0.15, -0.1) is 0 Å². The summed E-state index contributed by atoms with van der Waals surface area (Å²) in [7, 11) is 1.56. The predicted molar refractivity (Wildman–Crippen MR) is 131 cm³/mol. The van der Waals surface area contributed by atoms with Crippen molar-refractivity contribution in [2.75, 3.05) is 25.6 Å². The highest BCUT2D eigenvalue weighted by atomic mass is 35.5. The fraction of sp³-hybridized carbons (Fsp3) is 0.200. The lowest BCUT2D eigenvalue weighted by Crippen LogP contribution is -2.26. The van der Waals surface area contributed by atoms with Crippen LogP contribution < -0.4 is 25.0 Å². The van der Waals surface area contributed by atoms with Crippen molar-refractivity contribution in [2.24, 2.45) is 5.10 Å². The Morgan fingerprint density at radius 2 is 1.88 bits per heavy atom. The Morgan fingerprint density at radius 1 is 1.06 bits per heavy atom. The molecule has 0 bridgehead atoms. The van der Waals surface area contributed by atoms with Crippen LogP contribution in [0.2, 0.25) is 5.02 Å². The third-order valence-corrected chi connectivity index (χ3v) is 5.00. The molecule has 7 nitrogen and oxygen atoms in total. The summed E-state index contributed by atoms with van der Waals surface area (Å²) in [5.74, 6) is 0.771. The topological polar surface area (TPSA) is 81.2 Å². The largest absolute Gasteiger partial charge is 0.495 e. The van der Waals surface area contributed by atoms with Crippen molar-refractivity contribution in [1.82, 2.24) is 5.43 Å². The Balaban J connectivity index is 1.59. The van der Waals surface area contributed by atoms with Gasteiger partial charge in [-0.25, -0.2) is 9.82 Å². The van der Waals surface area contributed by atoms with Crippen LogP contribution in [-0.4, -0.2) is 32.4 Å². The van der Waals surface area contributed by atoms with Crippen LogP contribution in [0.25, 0.3) is 0 Å². The molecule has 0 radical (unpaired) electrons. The second-order valence-corrected chi connectivity index (χ2v) is 7.38. The summed E-state index contributed by atoms with van der Waals surface area (Å²) < 4.78 is 30.6. The fourth-order valence-corrected chi connectivity index (χ4v) is 3.21. The maximum atomic E-state index is 14.0. The molecule has 0 fully saturated rings. The van der Waals surface area contributed by atoms with E-state index < -0.39 is 5.82 Å². The normalized spacial score (nSPS) is 10.7. The van der Waals surface area contributed by atoms with E-state index in [9.17, 15) is 9.18 Å². The highest BCUT2D eigenvalue weighted by Crippen LogP contribution is 2.30. The van der Waals surface area contributed by atoms with Gasteiger partial charge in [0.15, 0.2) is 11.5 Å². The number of ether oxygens (including phenoxy) is 3. The first-order chi connectivity index (χ1) is 16.5. The molecular formula is C25H25ClFN3O4. The van der Waals surface area contributed by atoms with Crippen LogP contribution in [0.1, 0.15) is 18.1 Å². The van der Waals surface area contributed by atoms with E-state index in [1.165, 1.54) is 18.3 Å². The van der Waals surface area contributed by atoms with Crippen LogP contribution in [0.15, 0.2) is 65.8 Å². The van der Waals surface area contributed by atoms with Crippen LogP contribution in [0, 0.1) is 5.82 Å². The molecule has 178 valence electrons. The molecule has 3 rings (SSSR count). The number of hydrogen-bond acceptors (Lipinski definition) is 6. The number of benzene rings is 3. The maximum Gasteiger partial charge on any atom is 0.259 e. The van der Waals surface area contributed by atoms with E-state index in [-0.39, 0.29) is 29.6 Å². The number of carbonyl (C=O) groups excluding carboxylic acids is 1. The molecule has 0 saturated carbocycles. The van der Waals surface area contributed by atoms with E-state index in [4.69, 9.17) is 25.8 Å². The van der Waals surface area contributed by atoms with Crippen LogP contribution in [-0.2, 0) is 11.4 Å². The third-order valence-electron chi connectivity index (χ3n) is 4.65. The average Bonchev–Trinajstić information content (AvgIpc) is 2.84. The lowest BCUT2D eigenvalue weighted by molar-refractivity contribution is -0.119. The molecule has 2 N–H and O–H groups in total. The molecule has 0 saturated heterocycles. The number of halogens is 2. The van der Waals surface area contributed by atoms with Gasteiger partial charge in [-0.3, -0.25) is 4.79 Å². The van der Waals surface area contributed by atoms with E-state index in [1.807, 2.05) is 25.1 Å². The van der Waals surface area contributed by atoms with Gasteiger partial charge in [0.05, 0.1) is 37.2 Å². The maximum absolute atomic E-state index is 14.0. The van der Waals surface area contributed by atoms with Crippen molar-refractivity contribution in [3.8, 4) is 17.2 Å². The summed E-state index contributed by atoms with van der Waals surface area (Å²) in [6, 6.07) is 16.9. The monoisotopic (exact) mass is 485 g/mol. The second-order valence-electron chi connectivity index (χ2n) is 6.98. The minimum absolute atomic E-state index is 0.0211. The van der Waals surface area contributed by atoms with Gasteiger partial charge in [0.25, 0.3) is 5.91 Å². The van der Waals surface area contributed by atoms with Gasteiger partial charge in [0, 0.05) is 5.56 Å². The predicted octanol–water partition coefficient (Wildman–Crippen LogP) is 5.03. The Morgan fingerprint density at radius 3 is 2.65 bits per heavy atom. The molecule has 9 heteroatoms. The SMILES string of the molecule is CCOc1cc(/C=N/NC(=O)CNc2ccccc2OC)ccc1OCc1c(F)cccc1Cl. The number of nitrogens with one attached hydrogen (secondary N) is 2. The van der Waals surface area contributed by atoms with Crippen molar-refractivity contribution >= 4 is 29.4 Å². The van der Waals surface area contributed by atoms with Gasteiger partial charge in [-0.1, -0.05) is 29.8 Å². The van der Waals surface area contributed by atoms with E-state index >= 15 is 0 Å². The van der Waals surface area contributed by atoms with Crippen LogP contribution in [0.4, 0.5) is 10.1 Å². The Kier molecular flexibility index (Phi) is 9.11. The van der Waals surface area contributed by atoms with Gasteiger partial charge >= 0.3 is 0 Å². The zero-order valence-corrected chi connectivity index (χ0v) is 19.6. The molecule has 0 aliphatic rings. The van der Waals surface area contributed by atoms with Crippen molar-refractivity contribution in [3.63, 3.8) is 0 Å². The van der Waals surface area contributed by atoms with E-state index in [2.05, 4.69) is 15.8 Å². The number of nitrogens with zero attached hydrogens (tertiary/aromatic N) is 1. The van der Waals surface area contributed by atoms with Gasteiger partial charge in [-0.05, 0) is 55.0 Å². The minimum atomic E-state index is -0.440. The number of hydrazone groups is 1. The van der Waals surface area contributed by atoms with Crippen molar-refractivity contribution in [3.05, 3.63) is 82.6 Å². The van der Waals surface area contributed by atoms with E-state index in [0.717, 1.165) is 0 Å². The number of anilines is 1. The molecule has 0 aromatic heterocycles. The molecule has 3 aromatic rings. The molecule has 1 amide bonds. The summed E-state index contributed by atoms with van der Waals surface area (Å²) in [5, 5.41) is 7.27. The van der Waals surface area contributed by atoms with E-state index in [0.29, 0.717) is 35.1 Å². The number of hydrogen-bond donors (Lipinski definition) is 2. The number of rotatable bonds is 11. The molecule has 3 aromatic carbocycles. The van der Waals surface area contributed by atoms with Crippen LogP contribution in [0.5, 0.6) is 17.2 Å². The summed E-state index contributed by atoms with van der Waals surface area (Å²) in [4.78, 5) is 12.1. The summed E-state index contributed by atoms with van der Waals surface area (Å²) >= 11 is 6.06. The first-order valence-electron chi connectivity index (χ1n) is 10.5. The first kappa shape index (κ1) is 24.9. The van der Waals surface area contributed by atoms with Gasteiger partial charge in [0.2, 0.25) is 0 Å². The summed E-state index contributed by atoms with van der Waals surface area (Å²) in [6.45, 7) is 2.22. The number of carbonyl (C=O) groups is 1. The second kappa shape index (κ2) is 12.5. The highest BCUT2D eigenvalue weighted by Gasteiger charge is 2.11. The molecule has 0 heterocycles. The summed E-state index contributed by atoms with van der Waals surface area (Å²) in [5.41, 5.74) is 4.11. The van der Waals surface area contributed by atoms with Crippen LogP contribution >= 0.6 is 11.6 Å². The fourth-order valence-electron chi connectivity index (χ4n) is 3.00. The molecule has 0 unspecified atom stereocenters. The average molecular weight is 486 g/mol. The molecule has 34 heavy (non-hydrogen) atoms. The Hall–Kier alpha value is -3.78.